The van der Waals surface area contributed by atoms with E-state index in [1.54, 1.807) is 13.2 Å². The molecule has 1 heterocycles. The van der Waals surface area contributed by atoms with Gasteiger partial charge < -0.3 is 25.0 Å². The lowest BCUT2D eigenvalue weighted by atomic mass is 10.2. The first-order valence-electron chi connectivity index (χ1n) is 10.5. The van der Waals surface area contributed by atoms with Gasteiger partial charge in [-0.25, -0.2) is 0 Å². The zero-order valence-electron chi connectivity index (χ0n) is 17.3. The number of nitrogens with zero attached hydrogens (tertiary/aromatic N) is 4. The summed E-state index contributed by atoms with van der Waals surface area (Å²) in [5.41, 5.74) is 0.919. The number of aromatic hydroxyl groups is 1. The molecule has 1 aromatic rings. The van der Waals surface area contributed by atoms with E-state index >= 15 is 0 Å². The summed E-state index contributed by atoms with van der Waals surface area (Å²) in [6, 6.07) is 8.30. The first-order valence-corrected chi connectivity index (χ1v) is 10.5. The molecule has 0 amide bonds. The van der Waals surface area contributed by atoms with Crippen LogP contribution in [0, 0.1) is 0 Å². The van der Waals surface area contributed by atoms with Crippen molar-refractivity contribution in [2.45, 2.75) is 25.8 Å². The molecule has 0 spiro atoms. The van der Waals surface area contributed by atoms with Gasteiger partial charge in [-0.1, -0.05) is 12.1 Å². The predicted octanol–water partition coefficient (Wildman–Crippen LogP) is 1.59. The third-order valence-electron chi connectivity index (χ3n) is 5.43. The number of para-hydroxylation sites is 2. The molecule has 0 bridgehead atoms. The van der Waals surface area contributed by atoms with Gasteiger partial charge in [0.2, 0.25) is 0 Å². The molecule has 1 saturated carbocycles. The minimum absolute atomic E-state index is 0.354. The number of phenolic OH excluding ortho intramolecular Hbond substituents is 1. The number of guanidine groups is 1. The number of rotatable bonds is 9. The van der Waals surface area contributed by atoms with Crippen LogP contribution in [0.2, 0.25) is 0 Å². The average Bonchev–Trinajstić information content (AvgIpc) is 3.56. The third kappa shape index (κ3) is 5.75. The van der Waals surface area contributed by atoms with Gasteiger partial charge in [-0.05, 0) is 31.9 Å². The lowest BCUT2D eigenvalue weighted by molar-refractivity contribution is 0.145. The zero-order chi connectivity index (χ0) is 19.8. The van der Waals surface area contributed by atoms with E-state index in [9.17, 15) is 5.11 Å². The Morgan fingerprint density at radius 2 is 1.96 bits per heavy atom. The molecule has 2 aliphatic rings. The van der Waals surface area contributed by atoms with E-state index in [0.29, 0.717) is 5.75 Å². The van der Waals surface area contributed by atoms with Crippen LogP contribution in [0.4, 0.5) is 5.69 Å². The van der Waals surface area contributed by atoms with Gasteiger partial charge >= 0.3 is 0 Å². The first-order chi connectivity index (χ1) is 13.7. The summed E-state index contributed by atoms with van der Waals surface area (Å²) in [6.45, 7) is 10.1. The number of hydrogen-bond donors (Lipinski definition) is 2. The first kappa shape index (κ1) is 20.7. The standard InChI is InChI=1S/C21H35N5O2/c1-3-22-21(23-10-11-24(16-17-28-2)18-8-9-18)26-14-12-25(13-15-26)19-6-4-5-7-20(19)27/h4-7,18,27H,3,8-17H2,1-2H3,(H,22,23). The number of piperazine rings is 1. The topological polar surface area (TPSA) is 63.6 Å². The summed E-state index contributed by atoms with van der Waals surface area (Å²) in [5.74, 6) is 1.36. The van der Waals surface area contributed by atoms with Crippen molar-refractivity contribution in [2.75, 3.05) is 71.0 Å². The highest BCUT2D eigenvalue weighted by molar-refractivity contribution is 5.80. The van der Waals surface area contributed by atoms with E-state index in [2.05, 4.69) is 26.9 Å². The smallest absolute Gasteiger partial charge is 0.194 e. The number of hydrogen-bond acceptors (Lipinski definition) is 5. The molecule has 1 saturated heterocycles. The Morgan fingerprint density at radius 1 is 1.21 bits per heavy atom. The lowest BCUT2D eigenvalue weighted by Gasteiger charge is -2.38. The van der Waals surface area contributed by atoms with E-state index in [-0.39, 0.29) is 0 Å². The molecule has 1 aliphatic heterocycles. The minimum atomic E-state index is 0.354. The minimum Gasteiger partial charge on any atom is -0.506 e. The Hall–Kier alpha value is -1.99. The molecule has 2 N–H and O–H groups in total. The Bertz CT molecular complexity index is 627. The SMILES string of the molecule is CCNC(=NCCN(CCOC)C1CC1)N1CCN(c2ccccc2O)CC1. The molecule has 2 fully saturated rings. The van der Waals surface area contributed by atoms with Crippen molar-refractivity contribution in [3.05, 3.63) is 24.3 Å². The molecule has 0 atom stereocenters. The average molecular weight is 390 g/mol. The number of benzene rings is 1. The molecular weight excluding hydrogens is 354 g/mol. The monoisotopic (exact) mass is 389 g/mol. The van der Waals surface area contributed by atoms with Crippen molar-refractivity contribution in [3.8, 4) is 5.75 Å². The van der Waals surface area contributed by atoms with Gasteiger partial charge in [-0.3, -0.25) is 9.89 Å². The van der Waals surface area contributed by atoms with E-state index in [0.717, 1.165) is 76.7 Å². The van der Waals surface area contributed by atoms with Gasteiger partial charge in [-0.2, -0.15) is 0 Å². The van der Waals surface area contributed by atoms with E-state index in [1.807, 2.05) is 18.2 Å². The molecule has 28 heavy (non-hydrogen) atoms. The highest BCUT2D eigenvalue weighted by Gasteiger charge is 2.28. The van der Waals surface area contributed by atoms with Crippen molar-refractivity contribution < 1.29 is 9.84 Å². The van der Waals surface area contributed by atoms with Gasteiger partial charge in [0.1, 0.15) is 5.75 Å². The van der Waals surface area contributed by atoms with Crippen LogP contribution in [0.1, 0.15) is 19.8 Å². The predicted molar refractivity (Wildman–Crippen MR) is 114 cm³/mol. The van der Waals surface area contributed by atoms with Gasteiger partial charge in [0.15, 0.2) is 5.96 Å². The van der Waals surface area contributed by atoms with Gasteiger partial charge in [0.05, 0.1) is 18.8 Å². The number of methoxy groups -OCH3 is 1. The van der Waals surface area contributed by atoms with Crippen molar-refractivity contribution in [1.29, 1.82) is 0 Å². The molecule has 156 valence electrons. The Morgan fingerprint density at radius 3 is 2.61 bits per heavy atom. The summed E-state index contributed by atoms with van der Waals surface area (Å²) in [5, 5.41) is 13.5. The number of nitrogens with one attached hydrogen (secondary N) is 1. The largest absolute Gasteiger partial charge is 0.506 e. The number of anilines is 1. The van der Waals surface area contributed by atoms with Crippen LogP contribution in [0.3, 0.4) is 0 Å². The number of phenols is 1. The van der Waals surface area contributed by atoms with Gasteiger partial charge in [-0.15, -0.1) is 0 Å². The Labute approximate surface area is 169 Å². The zero-order valence-corrected chi connectivity index (χ0v) is 17.3. The van der Waals surface area contributed by atoms with E-state index < -0.39 is 0 Å². The van der Waals surface area contributed by atoms with Crippen LogP contribution in [0.15, 0.2) is 29.3 Å². The fourth-order valence-corrected chi connectivity index (χ4v) is 3.73. The fourth-order valence-electron chi connectivity index (χ4n) is 3.73. The third-order valence-corrected chi connectivity index (χ3v) is 5.43. The summed E-state index contributed by atoms with van der Waals surface area (Å²) in [6.07, 6.45) is 2.61. The quantitative estimate of drug-likeness (QED) is 0.494. The number of ether oxygens (including phenoxy) is 1. The Kier molecular flexibility index (Phi) is 7.80. The maximum Gasteiger partial charge on any atom is 0.194 e. The molecule has 3 rings (SSSR count). The summed E-state index contributed by atoms with van der Waals surface area (Å²) in [4.78, 5) is 12.0. The maximum atomic E-state index is 10.1. The van der Waals surface area contributed by atoms with Crippen LogP contribution in [-0.4, -0.2) is 93.0 Å². The molecule has 0 aromatic heterocycles. The summed E-state index contributed by atoms with van der Waals surface area (Å²) in [7, 11) is 1.77. The molecule has 0 unspecified atom stereocenters. The highest BCUT2D eigenvalue weighted by Crippen LogP contribution is 2.27. The second-order valence-corrected chi connectivity index (χ2v) is 7.46. The maximum absolute atomic E-state index is 10.1. The molecule has 1 aliphatic carbocycles. The molecular formula is C21H35N5O2. The van der Waals surface area contributed by atoms with Crippen LogP contribution >= 0.6 is 0 Å². The van der Waals surface area contributed by atoms with Crippen molar-refractivity contribution in [2.24, 2.45) is 4.99 Å². The molecule has 0 radical (unpaired) electrons. The van der Waals surface area contributed by atoms with Crippen molar-refractivity contribution in [1.82, 2.24) is 15.1 Å². The van der Waals surface area contributed by atoms with Gasteiger partial charge in [0.25, 0.3) is 0 Å². The number of aliphatic imine (C=N–C) groups is 1. The van der Waals surface area contributed by atoms with E-state index in [4.69, 9.17) is 9.73 Å². The van der Waals surface area contributed by atoms with Crippen LogP contribution < -0.4 is 10.2 Å². The molecule has 7 nitrogen and oxygen atoms in total. The molecule has 7 heteroatoms. The summed E-state index contributed by atoms with van der Waals surface area (Å²) < 4.78 is 5.25. The second kappa shape index (κ2) is 10.5. The Balaban J connectivity index is 1.52. The van der Waals surface area contributed by atoms with Crippen molar-refractivity contribution >= 4 is 11.6 Å². The van der Waals surface area contributed by atoms with Crippen LogP contribution in [0.25, 0.3) is 0 Å². The lowest BCUT2D eigenvalue weighted by Crippen LogP contribution is -2.52. The summed E-state index contributed by atoms with van der Waals surface area (Å²) >= 11 is 0. The highest BCUT2D eigenvalue weighted by atomic mass is 16.5. The van der Waals surface area contributed by atoms with Gasteiger partial charge in [0, 0.05) is 59.0 Å². The van der Waals surface area contributed by atoms with Crippen LogP contribution in [0.5, 0.6) is 5.75 Å². The van der Waals surface area contributed by atoms with Crippen molar-refractivity contribution in [3.63, 3.8) is 0 Å². The molecule has 1 aromatic carbocycles. The second-order valence-electron chi connectivity index (χ2n) is 7.46. The normalized spacial score (nSPS) is 18.0. The fraction of sp³-hybridized carbons (Fsp3) is 0.667. The van der Waals surface area contributed by atoms with Crippen LogP contribution in [-0.2, 0) is 4.74 Å². The van der Waals surface area contributed by atoms with E-state index in [1.165, 1.54) is 12.8 Å².